The van der Waals surface area contributed by atoms with Gasteiger partial charge in [0.05, 0.1) is 7.11 Å². The first-order valence-electron chi connectivity index (χ1n) is 9.37. The lowest BCUT2D eigenvalue weighted by Gasteiger charge is -2.18. The van der Waals surface area contributed by atoms with Gasteiger partial charge in [-0.2, -0.15) is 5.10 Å². The fourth-order valence-corrected chi connectivity index (χ4v) is 3.09. The van der Waals surface area contributed by atoms with Crippen molar-refractivity contribution in [3.05, 3.63) is 96.1 Å². The first-order chi connectivity index (χ1) is 14.2. The van der Waals surface area contributed by atoms with Crippen molar-refractivity contribution in [3.8, 4) is 11.5 Å². The molecule has 0 saturated heterocycles. The van der Waals surface area contributed by atoms with E-state index in [0.29, 0.717) is 11.5 Å². The van der Waals surface area contributed by atoms with Gasteiger partial charge in [0.25, 0.3) is 5.91 Å². The molecule has 0 spiro atoms. The average Bonchev–Trinajstić information content (AvgIpc) is 2.78. The van der Waals surface area contributed by atoms with E-state index in [0.717, 1.165) is 16.8 Å². The number of hydrogen-bond acceptors (Lipinski definition) is 4. The van der Waals surface area contributed by atoms with Crippen LogP contribution in [0.5, 0.6) is 11.5 Å². The standard InChI is InChI=1S/C24H24N2O3/c1-18(24(19-11-5-3-6-12-19)20-13-7-4-8-14-20)25-26-23(27)17-29-22-16-10-9-15-21(22)28-2/h3-16,24H,17H2,1-2H3,(H,26,27)/b25-18+. The molecule has 0 aliphatic rings. The molecule has 0 heterocycles. The molecule has 0 saturated carbocycles. The number of carbonyl (C=O) groups is 1. The molecular weight excluding hydrogens is 364 g/mol. The maximum Gasteiger partial charge on any atom is 0.277 e. The topological polar surface area (TPSA) is 59.9 Å². The van der Waals surface area contributed by atoms with Crippen LogP contribution in [-0.2, 0) is 4.79 Å². The number of benzene rings is 3. The van der Waals surface area contributed by atoms with Crippen LogP contribution in [0.2, 0.25) is 0 Å². The zero-order chi connectivity index (χ0) is 20.5. The van der Waals surface area contributed by atoms with Crippen LogP contribution in [0.25, 0.3) is 0 Å². The molecule has 5 heteroatoms. The Morgan fingerprint density at radius 3 is 1.93 bits per heavy atom. The summed E-state index contributed by atoms with van der Waals surface area (Å²) in [6, 6.07) is 27.4. The zero-order valence-corrected chi connectivity index (χ0v) is 16.5. The number of hydrazone groups is 1. The maximum atomic E-state index is 12.2. The summed E-state index contributed by atoms with van der Waals surface area (Å²) in [7, 11) is 1.56. The molecule has 148 valence electrons. The van der Waals surface area contributed by atoms with Crippen LogP contribution in [0.4, 0.5) is 0 Å². The molecule has 0 bridgehead atoms. The van der Waals surface area contributed by atoms with E-state index in [1.54, 1.807) is 19.2 Å². The van der Waals surface area contributed by atoms with E-state index >= 15 is 0 Å². The highest BCUT2D eigenvalue weighted by Gasteiger charge is 2.17. The van der Waals surface area contributed by atoms with Gasteiger partial charge in [-0.15, -0.1) is 0 Å². The molecule has 3 aromatic carbocycles. The van der Waals surface area contributed by atoms with Gasteiger partial charge in [-0.3, -0.25) is 4.79 Å². The molecule has 0 atom stereocenters. The van der Waals surface area contributed by atoms with Gasteiger partial charge < -0.3 is 9.47 Å². The molecule has 5 nitrogen and oxygen atoms in total. The zero-order valence-electron chi connectivity index (χ0n) is 16.5. The fourth-order valence-electron chi connectivity index (χ4n) is 3.09. The second-order valence-electron chi connectivity index (χ2n) is 6.48. The average molecular weight is 388 g/mol. The lowest BCUT2D eigenvalue weighted by Crippen LogP contribution is -2.26. The van der Waals surface area contributed by atoms with Crippen molar-refractivity contribution in [2.24, 2.45) is 5.10 Å². The Bertz CT molecular complexity index is 917. The third-order valence-electron chi connectivity index (χ3n) is 4.47. The van der Waals surface area contributed by atoms with Crippen molar-refractivity contribution in [2.45, 2.75) is 12.8 Å². The normalized spacial score (nSPS) is 11.2. The van der Waals surface area contributed by atoms with Crippen LogP contribution in [0, 0.1) is 0 Å². The Hall–Kier alpha value is -3.60. The molecule has 0 aliphatic heterocycles. The third kappa shape index (κ3) is 5.45. The first-order valence-corrected chi connectivity index (χ1v) is 9.37. The number of hydrogen-bond donors (Lipinski definition) is 1. The number of nitrogens with one attached hydrogen (secondary N) is 1. The van der Waals surface area contributed by atoms with E-state index < -0.39 is 0 Å². The molecule has 0 aliphatic carbocycles. The largest absolute Gasteiger partial charge is 0.493 e. The highest BCUT2D eigenvalue weighted by atomic mass is 16.5. The van der Waals surface area contributed by atoms with Crippen LogP contribution in [0.1, 0.15) is 24.0 Å². The summed E-state index contributed by atoms with van der Waals surface area (Å²) < 4.78 is 10.8. The maximum absolute atomic E-state index is 12.2. The minimum absolute atomic E-state index is 0.0483. The summed E-state index contributed by atoms with van der Waals surface area (Å²) in [6.45, 7) is 1.75. The fraction of sp³-hybridized carbons (Fsp3) is 0.167. The van der Waals surface area contributed by atoms with E-state index in [9.17, 15) is 4.79 Å². The van der Waals surface area contributed by atoms with Crippen molar-refractivity contribution in [2.75, 3.05) is 13.7 Å². The highest BCUT2D eigenvalue weighted by molar-refractivity contribution is 5.93. The number of nitrogens with zero attached hydrogens (tertiary/aromatic N) is 1. The van der Waals surface area contributed by atoms with E-state index in [2.05, 4.69) is 34.8 Å². The first kappa shape index (κ1) is 20.1. The predicted octanol–water partition coefficient (Wildman–Crippen LogP) is 4.40. The van der Waals surface area contributed by atoms with Crippen LogP contribution in [0.15, 0.2) is 90.0 Å². The molecule has 3 rings (SSSR count). The summed E-state index contributed by atoms with van der Waals surface area (Å²) in [5.74, 6) is 0.702. The molecule has 0 radical (unpaired) electrons. The Morgan fingerprint density at radius 1 is 0.862 bits per heavy atom. The van der Waals surface area contributed by atoms with Crippen molar-refractivity contribution in [1.29, 1.82) is 0 Å². The summed E-state index contributed by atoms with van der Waals surface area (Å²) in [5.41, 5.74) is 5.60. The number of rotatable bonds is 8. The molecule has 3 aromatic rings. The van der Waals surface area contributed by atoms with E-state index in [4.69, 9.17) is 9.47 Å². The lowest BCUT2D eigenvalue weighted by atomic mass is 9.88. The quantitative estimate of drug-likeness (QED) is 0.460. The molecule has 0 unspecified atom stereocenters. The van der Waals surface area contributed by atoms with Gasteiger partial charge >= 0.3 is 0 Å². The molecule has 1 N–H and O–H groups in total. The summed E-state index contributed by atoms with van der Waals surface area (Å²) in [6.07, 6.45) is 0. The molecule has 1 amide bonds. The van der Waals surface area contributed by atoms with Gasteiger partial charge in [0.1, 0.15) is 0 Å². The molecule has 0 aromatic heterocycles. The Balaban J connectivity index is 1.70. The smallest absolute Gasteiger partial charge is 0.277 e. The number of ether oxygens (including phenoxy) is 2. The Morgan fingerprint density at radius 2 is 1.38 bits per heavy atom. The van der Waals surface area contributed by atoms with Gasteiger partial charge in [0, 0.05) is 11.6 Å². The van der Waals surface area contributed by atoms with Crippen molar-refractivity contribution in [3.63, 3.8) is 0 Å². The second-order valence-corrected chi connectivity index (χ2v) is 6.48. The minimum Gasteiger partial charge on any atom is -0.493 e. The van der Waals surface area contributed by atoms with Gasteiger partial charge in [-0.1, -0.05) is 72.8 Å². The summed E-state index contributed by atoms with van der Waals surface area (Å²) in [4.78, 5) is 12.2. The number of methoxy groups -OCH3 is 1. The van der Waals surface area contributed by atoms with Crippen LogP contribution in [0.3, 0.4) is 0 Å². The van der Waals surface area contributed by atoms with Crippen molar-refractivity contribution >= 4 is 11.6 Å². The minimum atomic E-state index is -0.338. The Labute approximate surface area is 171 Å². The summed E-state index contributed by atoms with van der Waals surface area (Å²) in [5, 5.41) is 4.34. The van der Waals surface area contributed by atoms with Crippen LogP contribution < -0.4 is 14.9 Å². The van der Waals surface area contributed by atoms with Gasteiger partial charge in [-0.05, 0) is 30.2 Å². The number of carbonyl (C=O) groups excluding carboxylic acids is 1. The lowest BCUT2D eigenvalue weighted by molar-refractivity contribution is -0.123. The molecule has 29 heavy (non-hydrogen) atoms. The molecular formula is C24H24N2O3. The van der Waals surface area contributed by atoms with E-state index in [1.807, 2.05) is 55.5 Å². The van der Waals surface area contributed by atoms with Crippen LogP contribution in [-0.4, -0.2) is 25.3 Å². The SMILES string of the molecule is COc1ccccc1OCC(=O)N/N=C(\C)C(c1ccccc1)c1ccccc1. The van der Waals surface area contributed by atoms with E-state index in [1.165, 1.54) is 0 Å². The third-order valence-corrected chi connectivity index (χ3v) is 4.47. The van der Waals surface area contributed by atoms with Crippen molar-refractivity contribution < 1.29 is 14.3 Å². The van der Waals surface area contributed by atoms with Gasteiger partial charge in [-0.25, -0.2) is 5.43 Å². The van der Waals surface area contributed by atoms with Gasteiger partial charge in [0.2, 0.25) is 0 Å². The van der Waals surface area contributed by atoms with Crippen LogP contribution >= 0.6 is 0 Å². The van der Waals surface area contributed by atoms with Gasteiger partial charge in [0.15, 0.2) is 18.1 Å². The second kappa shape index (κ2) is 10.1. The Kier molecular flexibility index (Phi) is 7.00. The van der Waals surface area contributed by atoms with E-state index in [-0.39, 0.29) is 18.4 Å². The van der Waals surface area contributed by atoms with Crippen molar-refractivity contribution in [1.82, 2.24) is 5.43 Å². The molecule has 0 fully saturated rings. The summed E-state index contributed by atoms with van der Waals surface area (Å²) >= 11 is 0. The highest BCUT2D eigenvalue weighted by Crippen LogP contribution is 2.26. The number of para-hydroxylation sites is 2. The number of amides is 1. The predicted molar refractivity (Wildman–Crippen MR) is 114 cm³/mol. The monoisotopic (exact) mass is 388 g/mol.